The third kappa shape index (κ3) is 4.32. The first-order valence-corrected chi connectivity index (χ1v) is 7.28. The molecule has 116 valence electrons. The number of Topliss-reactive ketones (excluding diaryl/α,β-unsaturated/α-hetero) is 1. The summed E-state index contributed by atoms with van der Waals surface area (Å²) in [7, 11) is 0. The zero-order chi connectivity index (χ0) is 16.2. The van der Waals surface area contributed by atoms with Crippen LogP contribution >= 0.6 is 0 Å². The smallest absolute Gasteiger partial charge is 0.258 e. The fourth-order valence-corrected chi connectivity index (χ4v) is 1.90. The zero-order valence-corrected chi connectivity index (χ0v) is 13.2. The molecule has 0 aromatic heterocycles. The number of fused-ring (bicyclic) bond motifs is 1. The molecular weight excluding hydrogens is 278 g/mol. The van der Waals surface area contributed by atoms with E-state index >= 15 is 0 Å². The maximum atomic E-state index is 11.7. The van der Waals surface area contributed by atoms with Crippen molar-refractivity contribution in [3.05, 3.63) is 42.5 Å². The SMILES string of the molecule is CC(C)(C)C(=O)CNC(=O)COc1ccc2ccccc2c1. The Morgan fingerprint density at radius 2 is 1.73 bits per heavy atom. The number of carbonyl (C=O) groups excluding carboxylic acids is 2. The van der Waals surface area contributed by atoms with E-state index < -0.39 is 5.41 Å². The van der Waals surface area contributed by atoms with E-state index in [0.717, 1.165) is 10.8 Å². The Balaban J connectivity index is 1.86. The second-order valence-electron chi connectivity index (χ2n) is 6.25. The number of hydrogen-bond donors (Lipinski definition) is 1. The Morgan fingerprint density at radius 3 is 2.41 bits per heavy atom. The van der Waals surface area contributed by atoms with Gasteiger partial charge < -0.3 is 10.1 Å². The summed E-state index contributed by atoms with van der Waals surface area (Å²) in [6.07, 6.45) is 0. The van der Waals surface area contributed by atoms with Gasteiger partial charge in [0.25, 0.3) is 5.91 Å². The summed E-state index contributed by atoms with van der Waals surface area (Å²) in [5.74, 6) is 0.327. The van der Waals surface area contributed by atoms with Crippen LogP contribution in [0.2, 0.25) is 0 Å². The average Bonchev–Trinajstić information content (AvgIpc) is 2.49. The topological polar surface area (TPSA) is 55.4 Å². The lowest BCUT2D eigenvalue weighted by Crippen LogP contribution is -2.37. The Bertz CT molecular complexity index is 686. The predicted octanol–water partition coefficient (Wildman–Crippen LogP) is 2.95. The number of ketones is 1. The van der Waals surface area contributed by atoms with Crippen LogP contribution in [-0.4, -0.2) is 24.8 Å². The zero-order valence-electron chi connectivity index (χ0n) is 13.2. The second-order valence-corrected chi connectivity index (χ2v) is 6.25. The van der Waals surface area contributed by atoms with E-state index in [4.69, 9.17) is 4.74 Å². The van der Waals surface area contributed by atoms with Crippen LogP contribution in [0.3, 0.4) is 0 Å². The number of amides is 1. The predicted molar refractivity (Wildman–Crippen MR) is 86.9 cm³/mol. The lowest BCUT2D eigenvalue weighted by Gasteiger charge is -2.16. The number of ether oxygens (including phenoxy) is 1. The van der Waals surface area contributed by atoms with Gasteiger partial charge in [0.05, 0.1) is 6.54 Å². The van der Waals surface area contributed by atoms with Crippen molar-refractivity contribution in [2.45, 2.75) is 20.8 Å². The van der Waals surface area contributed by atoms with Crippen molar-refractivity contribution in [2.24, 2.45) is 5.41 Å². The van der Waals surface area contributed by atoms with Gasteiger partial charge in [0.15, 0.2) is 12.4 Å². The van der Waals surface area contributed by atoms with Crippen molar-refractivity contribution >= 4 is 22.5 Å². The summed E-state index contributed by atoms with van der Waals surface area (Å²) in [5.41, 5.74) is -0.452. The number of nitrogens with one attached hydrogen (secondary N) is 1. The van der Waals surface area contributed by atoms with Crippen LogP contribution < -0.4 is 10.1 Å². The van der Waals surface area contributed by atoms with Crippen molar-refractivity contribution in [1.82, 2.24) is 5.32 Å². The first-order valence-electron chi connectivity index (χ1n) is 7.28. The molecule has 0 unspecified atom stereocenters. The van der Waals surface area contributed by atoms with Crippen LogP contribution in [0.5, 0.6) is 5.75 Å². The summed E-state index contributed by atoms with van der Waals surface area (Å²) in [4.78, 5) is 23.5. The summed E-state index contributed by atoms with van der Waals surface area (Å²) >= 11 is 0. The molecule has 0 saturated carbocycles. The van der Waals surface area contributed by atoms with Gasteiger partial charge in [-0.3, -0.25) is 9.59 Å². The van der Waals surface area contributed by atoms with E-state index in [1.54, 1.807) is 0 Å². The van der Waals surface area contributed by atoms with Crippen LogP contribution in [0.25, 0.3) is 10.8 Å². The molecule has 0 aliphatic carbocycles. The van der Waals surface area contributed by atoms with E-state index in [2.05, 4.69) is 5.32 Å². The van der Waals surface area contributed by atoms with Gasteiger partial charge in [0.1, 0.15) is 5.75 Å². The summed E-state index contributed by atoms with van der Waals surface area (Å²) in [6.45, 7) is 5.41. The van der Waals surface area contributed by atoms with Gasteiger partial charge in [0.2, 0.25) is 0 Å². The quantitative estimate of drug-likeness (QED) is 0.923. The minimum atomic E-state index is -0.452. The third-order valence-corrected chi connectivity index (χ3v) is 3.37. The van der Waals surface area contributed by atoms with Crippen LogP contribution in [-0.2, 0) is 9.59 Å². The Morgan fingerprint density at radius 1 is 1.05 bits per heavy atom. The molecule has 2 aromatic carbocycles. The second kappa shape index (κ2) is 6.60. The number of hydrogen-bond acceptors (Lipinski definition) is 3. The molecule has 22 heavy (non-hydrogen) atoms. The highest BCUT2D eigenvalue weighted by atomic mass is 16.5. The Labute approximate surface area is 130 Å². The number of rotatable bonds is 5. The largest absolute Gasteiger partial charge is 0.484 e. The van der Waals surface area contributed by atoms with Gasteiger partial charge in [-0.15, -0.1) is 0 Å². The summed E-state index contributed by atoms with van der Waals surface area (Å²) in [5, 5.41) is 4.76. The molecule has 0 heterocycles. The van der Waals surface area contributed by atoms with E-state index in [1.165, 1.54) is 0 Å². The van der Waals surface area contributed by atoms with Crippen LogP contribution in [0.1, 0.15) is 20.8 Å². The Kier molecular flexibility index (Phi) is 4.81. The molecule has 4 nitrogen and oxygen atoms in total. The molecular formula is C18H21NO3. The van der Waals surface area contributed by atoms with Crippen molar-refractivity contribution in [1.29, 1.82) is 0 Å². The Hall–Kier alpha value is -2.36. The van der Waals surface area contributed by atoms with E-state index in [0.29, 0.717) is 5.75 Å². The molecule has 0 fully saturated rings. The van der Waals surface area contributed by atoms with E-state index in [9.17, 15) is 9.59 Å². The summed E-state index contributed by atoms with van der Waals surface area (Å²) < 4.78 is 5.47. The molecule has 1 amide bonds. The van der Waals surface area contributed by atoms with Crippen molar-refractivity contribution in [3.63, 3.8) is 0 Å². The highest BCUT2D eigenvalue weighted by molar-refractivity contribution is 5.89. The fraction of sp³-hybridized carbons (Fsp3) is 0.333. The minimum Gasteiger partial charge on any atom is -0.484 e. The van der Waals surface area contributed by atoms with Gasteiger partial charge in [-0.25, -0.2) is 0 Å². The van der Waals surface area contributed by atoms with E-state index in [-0.39, 0.29) is 24.8 Å². The van der Waals surface area contributed by atoms with E-state index in [1.807, 2.05) is 63.2 Å². The monoisotopic (exact) mass is 299 g/mol. The van der Waals surface area contributed by atoms with Crippen LogP contribution in [0, 0.1) is 5.41 Å². The number of benzene rings is 2. The summed E-state index contributed by atoms with van der Waals surface area (Å²) in [6, 6.07) is 13.6. The molecule has 0 radical (unpaired) electrons. The minimum absolute atomic E-state index is 0.00782. The molecule has 0 bridgehead atoms. The first kappa shape index (κ1) is 16.0. The molecule has 2 rings (SSSR count). The normalized spacial score (nSPS) is 11.2. The van der Waals surface area contributed by atoms with Crippen LogP contribution in [0.4, 0.5) is 0 Å². The van der Waals surface area contributed by atoms with Gasteiger partial charge in [-0.2, -0.15) is 0 Å². The molecule has 0 aliphatic rings. The maximum Gasteiger partial charge on any atom is 0.258 e. The highest BCUT2D eigenvalue weighted by Gasteiger charge is 2.21. The molecule has 4 heteroatoms. The molecule has 0 aliphatic heterocycles. The lowest BCUT2D eigenvalue weighted by molar-refractivity contribution is -0.129. The van der Waals surface area contributed by atoms with Crippen LogP contribution in [0.15, 0.2) is 42.5 Å². The van der Waals surface area contributed by atoms with Gasteiger partial charge in [0, 0.05) is 5.41 Å². The average molecular weight is 299 g/mol. The van der Waals surface area contributed by atoms with Gasteiger partial charge in [-0.1, -0.05) is 51.1 Å². The molecule has 0 saturated heterocycles. The first-order chi connectivity index (χ1) is 10.4. The molecule has 0 spiro atoms. The fourth-order valence-electron chi connectivity index (χ4n) is 1.90. The van der Waals surface area contributed by atoms with Crippen molar-refractivity contribution in [3.8, 4) is 5.75 Å². The van der Waals surface area contributed by atoms with Crippen molar-refractivity contribution in [2.75, 3.05) is 13.2 Å². The van der Waals surface area contributed by atoms with Gasteiger partial charge >= 0.3 is 0 Å². The molecule has 1 N–H and O–H groups in total. The third-order valence-electron chi connectivity index (χ3n) is 3.37. The standard InChI is InChI=1S/C18H21NO3/c1-18(2,3)16(20)11-19-17(21)12-22-15-9-8-13-6-4-5-7-14(13)10-15/h4-10H,11-12H2,1-3H3,(H,19,21). The maximum absolute atomic E-state index is 11.7. The number of carbonyl (C=O) groups is 2. The highest BCUT2D eigenvalue weighted by Crippen LogP contribution is 2.20. The van der Waals surface area contributed by atoms with Crippen molar-refractivity contribution < 1.29 is 14.3 Å². The lowest BCUT2D eigenvalue weighted by atomic mass is 9.91. The molecule has 0 atom stereocenters. The molecule has 2 aromatic rings. The van der Waals surface area contributed by atoms with Gasteiger partial charge in [-0.05, 0) is 22.9 Å².